The predicted molar refractivity (Wildman–Crippen MR) is 77.3 cm³/mol. The quantitative estimate of drug-likeness (QED) is 0.895. The van der Waals surface area contributed by atoms with Gasteiger partial charge < -0.3 is 14.7 Å². The van der Waals surface area contributed by atoms with Crippen LogP contribution < -0.4 is 5.32 Å². The zero-order valence-electron chi connectivity index (χ0n) is 12.9. The van der Waals surface area contributed by atoms with Gasteiger partial charge in [-0.25, -0.2) is 0 Å². The molecule has 21 heavy (non-hydrogen) atoms. The van der Waals surface area contributed by atoms with Crippen LogP contribution in [0.2, 0.25) is 0 Å². The summed E-state index contributed by atoms with van der Waals surface area (Å²) in [6.07, 6.45) is 4.24. The summed E-state index contributed by atoms with van der Waals surface area (Å²) in [5, 5.41) is 6.72. The van der Waals surface area contributed by atoms with Crippen LogP contribution in [0.3, 0.4) is 0 Å². The van der Waals surface area contributed by atoms with Crippen LogP contribution in [0.15, 0.2) is 10.6 Å². The van der Waals surface area contributed by atoms with Crippen molar-refractivity contribution in [3.8, 4) is 0 Å². The molecule has 6 heteroatoms. The zero-order chi connectivity index (χ0) is 15.4. The third-order valence-corrected chi connectivity index (χ3v) is 3.95. The summed E-state index contributed by atoms with van der Waals surface area (Å²) in [4.78, 5) is 25.6. The molecule has 0 saturated heterocycles. The fourth-order valence-electron chi connectivity index (χ4n) is 2.94. The van der Waals surface area contributed by atoms with Crippen molar-refractivity contribution < 1.29 is 14.1 Å². The van der Waals surface area contributed by atoms with E-state index in [0.29, 0.717) is 6.54 Å². The van der Waals surface area contributed by atoms with Crippen molar-refractivity contribution in [2.45, 2.75) is 52.1 Å². The molecule has 116 valence electrons. The summed E-state index contributed by atoms with van der Waals surface area (Å²) < 4.78 is 5.01. The molecule has 1 aliphatic rings. The number of hydrogen-bond donors (Lipinski definition) is 1. The number of amides is 2. The van der Waals surface area contributed by atoms with Crippen molar-refractivity contribution in [1.82, 2.24) is 15.4 Å². The van der Waals surface area contributed by atoms with E-state index in [1.165, 1.54) is 6.92 Å². The second-order valence-electron chi connectivity index (χ2n) is 5.85. The first-order valence-electron chi connectivity index (χ1n) is 7.41. The van der Waals surface area contributed by atoms with Crippen molar-refractivity contribution in [3.05, 3.63) is 17.5 Å². The van der Waals surface area contributed by atoms with Crippen LogP contribution in [0.1, 0.15) is 44.1 Å². The minimum absolute atomic E-state index is 0.0576. The summed E-state index contributed by atoms with van der Waals surface area (Å²) in [5.41, 5.74) is 0.719. The number of aromatic nitrogens is 1. The molecule has 2 rings (SSSR count). The van der Waals surface area contributed by atoms with E-state index in [1.54, 1.807) is 11.9 Å². The molecular weight excluding hydrogens is 270 g/mol. The molecule has 6 nitrogen and oxygen atoms in total. The standard InChI is InChI=1S/C15H23N3O3/c1-10-8-13(17-21-10)9-18(3)15(20)14(16-11(2)19)12-6-4-5-7-12/h8,12,14H,4-7,9H2,1-3H3,(H,16,19)/t14-/m1/s1. The minimum atomic E-state index is -0.428. The van der Waals surface area contributed by atoms with Crippen molar-refractivity contribution in [2.24, 2.45) is 5.92 Å². The Labute approximate surface area is 124 Å². The van der Waals surface area contributed by atoms with E-state index in [4.69, 9.17) is 4.52 Å². The maximum Gasteiger partial charge on any atom is 0.245 e. The molecule has 1 saturated carbocycles. The number of nitrogens with zero attached hydrogens (tertiary/aromatic N) is 2. The Kier molecular flexibility index (Phi) is 4.98. The number of hydrogen-bond acceptors (Lipinski definition) is 4. The van der Waals surface area contributed by atoms with E-state index >= 15 is 0 Å². The third-order valence-electron chi connectivity index (χ3n) is 3.95. The lowest BCUT2D eigenvalue weighted by Gasteiger charge is -2.27. The van der Waals surface area contributed by atoms with Crippen LogP contribution in [0, 0.1) is 12.8 Å². The Hall–Kier alpha value is -1.85. The maximum absolute atomic E-state index is 12.6. The molecule has 1 fully saturated rings. The number of likely N-dealkylation sites (N-methyl/N-ethyl adjacent to an activating group) is 1. The number of nitrogens with one attached hydrogen (secondary N) is 1. The van der Waals surface area contributed by atoms with Crippen molar-refractivity contribution >= 4 is 11.8 Å². The fourth-order valence-corrected chi connectivity index (χ4v) is 2.94. The van der Waals surface area contributed by atoms with Crippen molar-refractivity contribution in [3.63, 3.8) is 0 Å². The van der Waals surface area contributed by atoms with E-state index in [2.05, 4.69) is 10.5 Å². The molecular formula is C15H23N3O3. The highest BCUT2D eigenvalue weighted by atomic mass is 16.5. The van der Waals surface area contributed by atoms with Crippen LogP contribution >= 0.6 is 0 Å². The molecule has 0 unspecified atom stereocenters. The Morgan fingerprint density at radius 1 is 1.48 bits per heavy atom. The number of aryl methyl sites for hydroxylation is 1. The van der Waals surface area contributed by atoms with Gasteiger partial charge in [0.15, 0.2) is 0 Å². The minimum Gasteiger partial charge on any atom is -0.361 e. The molecule has 0 bridgehead atoms. The average Bonchev–Trinajstić information content (AvgIpc) is 3.06. The van der Waals surface area contributed by atoms with E-state index < -0.39 is 6.04 Å². The van der Waals surface area contributed by atoms with Crippen LogP contribution in [-0.4, -0.2) is 35.0 Å². The number of carbonyl (C=O) groups is 2. The monoisotopic (exact) mass is 293 g/mol. The van der Waals surface area contributed by atoms with Gasteiger partial charge in [0.2, 0.25) is 11.8 Å². The molecule has 1 aromatic rings. The first kappa shape index (κ1) is 15.5. The van der Waals surface area contributed by atoms with Gasteiger partial charge in [-0.1, -0.05) is 18.0 Å². The Bertz CT molecular complexity index is 506. The van der Waals surface area contributed by atoms with Crippen LogP contribution in [-0.2, 0) is 16.1 Å². The average molecular weight is 293 g/mol. The van der Waals surface area contributed by atoms with Gasteiger partial charge in [-0.2, -0.15) is 0 Å². The van der Waals surface area contributed by atoms with E-state index in [9.17, 15) is 9.59 Å². The summed E-state index contributed by atoms with van der Waals surface area (Å²) in [7, 11) is 1.73. The molecule has 1 atom stereocenters. The van der Waals surface area contributed by atoms with E-state index in [-0.39, 0.29) is 17.7 Å². The largest absolute Gasteiger partial charge is 0.361 e. The Balaban J connectivity index is 2.03. The third kappa shape index (κ3) is 4.06. The maximum atomic E-state index is 12.6. The van der Waals surface area contributed by atoms with E-state index in [0.717, 1.165) is 37.1 Å². The topological polar surface area (TPSA) is 75.4 Å². The first-order chi connectivity index (χ1) is 9.97. The molecule has 0 spiro atoms. The molecule has 2 amide bonds. The second-order valence-corrected chi connectivity index (χ2v) is 5.85. The first-order valence-corrected chi connectivity index (χ1v) is 7.41. The van der Waals surface area contributed by atoms with Gasteiger partial charge in [-0.15, -0.1) is 0 Å². The lowest BCUT2D eigenvalue weighted by molar-refractivity contribution is -0.137. The Morgan fingerprint density at radius 2 is 2.14 bits per heavy atom. The molecule has 0 aromatic carbocycles. The van der Waals surface area contributed by atoms with Crippen LogP contribution in [0.25, 0.3) is 0 Å². The van der Waals surface area contributed by atoms with Crippen molar-refractivity contribution in [1.29, 1.82) is 0 Å². The smallest absolute Gasteiger partial charge is 0.245 e. The van der Waals surface area contributed by atoms with Gasteiger partial charge in [0.1, 0.15) is 17.5 Å². The number of rotatable bonds is 5. The molecule has 0 aliphatic heterocycles. The SMILES string of the molecule is CC(=O)N[C@@H](C(=O)N(C)Cc1cc(C)on1)C1CCCC1. The summed E-state index contributed by atoms with van der Waals surface area (Å²) in [6.45, 7) is 3.66. The molecule has 1 aliphatic carbocycles. The molecule has 1 heterocycles. The van der Waals surface area contributed by atoms with Crippen molar-refractivity contribution in [2.75, 3.05) is 7.05 Å². The lowest BCUT2D eigenvalue weighted by Crippen LogP contribution is -2.50. The normalized spacial score (nSPS) is 16.7. The summed E-state index contributed by atoms with van der Waals surface area (Å²) >= 11 is 0. The Morgan fingerprint density at radius 3 is 2.67 bits per heavy atom. The highest BCUT2D eigenvalue weighted by Crippen LogP contribution is 2.28. The summed E-state index contributed by atoms with van der Waals surface area (Å²) in [6, 6.07) is 1.38. The van der Waals surface area contributed by atoms with E-state index in [1.807, 2.05) is 13.0 Å². The molecule has 1 aromatic heterocycles. The predicted octanol–water partition coefficient (Wildman–Crippen LogP) is 1.64. The van der Waals surface area contributed by atoms with Gasteiger partial charge >= 0.3 is 0 Å². The summed E-state index contributed by atoms with van der Waals surface area (Å²) in [5.74, 6) is 0.742. The highest BCUT2D eigenvalue weighted by molar-refractivity contribution is 5.87. The molecule has 0 radical (unpaired) electrons. The van der Waals surface area contributed by atoms with Crippen LogP contribution in [0.4, 0.5) is 0 Å². The second kappa shape index (κ2) is 6.74. The zero-order valence-corrected chi connectivity index (χ0v) is 12.9. The van der Waals surface area contributed by atoms with Gasteiger partial charge in [0.25, 0.3) is 0 Å². The number of carbonyl (C=O) groups excluding carboxylic acids is 2. The van der Waals surface area contributed by atoms with Gasteiger partial charge in [0, 0.05) is 20.0 Å². The van der Waals surface area contributed by atoms with Gasteiger partial charge in [-0.3, -0.25) is 9.59 Å². The van der Waals surface area contributed by atoms with Crippen LogP contribution in [0.5, 0.6) is 0 Å². The van der Waals surface area contributed by atoms with Gasteiger partial charge in [-0.05, 0) is 25.7 Å². The molecule has 1 N–H and O–H groups in total. The highest BCUT2D eigenvalue weighted by Gasteiger charge is 2.33. The van der Waals surface area contributed by atoms with Gasteiger partial charge in [0.05, 0.1) is 6.54 Å². The fraction of sp³-hybridized carbons (Fsp3) is 0.667. The lowest BCUT2D eigenvalue weighted by atomic mass is 9.96.